The number of hydrogen-bond donors (Lipinski definition) is 1. The zero-order valence-corrected chi connectivity index (χ0v) is 13.2. The largest absolute Gasteiger partial charge is 0.289 e. The summed E-state index contributed by atoms with van der Waals surface area (Å²) in [5, 5.41) is 2.11. The van der Waals surface area contributed by atoms with Crippen molar-refractivity contribution in [2.45, 2.75) is 31.2 Å². The lowest BCUT2D eigenvalue weighted by atomic mass is 10.2. The maximum atomic E-state index is 12.5. The third-order valence-electron chi connectivity index (χ3n) is 3.47. The summed E-state index contributed by atoms with van der Waals surface area (Å²) in [4.78, 5) is 11.6. The second-order valence-electron chi connectivity index (χ2n) is 5.15. The maximum absolute atomic E-state index is 12.5. The number of halogens is 1. The van der Waals surface area contributed by atoms with Gasteiger partial charge in [-0.2, -0.15) is 0 Å². The Kier molecular flexibility index (Phi) is 4.09. The van der Waals surface area contributed by atoms with E-state index in [0.717, 1.165) is 5.56 Å². The second kappa shape index (κ2) is 5.35. The number of hydrazine groups is 1. The average molecular weight is 317 g/mol. The Bertz CT molecular complexity index is 658. The topological polar surface area (TPSA) is 66.5 Å². The van der Waals surface area contributed by atoms with Crippen LogP contribution in [0.15, 0.2) is 17.0 Å². The molecular formula is C13H17ClN2O3S. The van der Waals surface area contributed by atoms with Crippen molar-refractivity contribution in [2.24, 2.45) is 0 Å². The summed E-state index contributed by atoms with van der Waals surface area (Å²) >= 11 is 5.99. The van der Waals surface area contributed by atoms with Crippen LogP contribution in [0.5, 0.6) is 0 Å². The van der Waals surface area contributed by atoms with Crippen LogP contribution in [0.4, 0.5) is 0 Å². The van der Waals surface area contributed by atoms with Gasteiger partial charge >= 0.3 is 0 Å². The van der Waals surface area contributed by atoms with Crippen LogP contribution >= 0.6 is 11.6 Å². The lowest BCUT2D eigenvalue weighted by molar-refractivity contribution is -0.120. The number of hydrogen-bond acceptors (Lipinski definition) is 4. The van der Waals surface area contributed by atoms with E-state index >= 15 is 0 Å². The Labute approximate surface area is 123 Å². The molecule has 0 radical (unpaired) electrons. The van der Waals surface area contributed by atoms with E-state index in [-0.39, 0.29) is 29.0 Å². The van der Waals surface area contributed by atoms with Crippen molar-refractivity contribution < 1.29 is 13.2 Å². The first-order valence-electron chi connectivity index (χ1n) is 6.22. The Balaban J connectivity index is 2.32. The van der Waals surface area contributed by atoms with Crippen molar-refractivity contribution in [3.8, 4) is 0 Å². The van der Waals surface area contributed by atoms with Crippen molar-refractivity contribution >= 4 is 27.3 Å². The lowest BCUT2D eigenvalue weighted by Crippen LogP contribution is -2.38. The van der Waals surface area contributed by atoms with Gasteiger partial charge < -0.3 is 0 Å². The van der Waals surface area contributed by atoms with E-state index in [2.05, 4.69) is 5.43 Å². The molecule has 20 heavy (non-hydrogen) atoms. The molecular weight excluding hydrogens is 300 g/mol. The van der Waals surface area contributed by atoms with Gasteiger partial charge in [0.15, 0.2) is 9.84 Å². The molecule has 110 valence electrons. The van der Waals surface area contributed by atoms with Crippen molar-refractivity contribution in [3.63, 3.8) is 0 Å². The molecule has 1 N–H and O–H groups in total. The zero-order valence-electron chi connectivity index (χ0n) is 11.6. The smallest absolute Gasteiger partial charge is 0.235 e. The summed E-state index contributed by atoms with van der Waals surface area (Å²) in [7, 11) is -1.79. The quantitative estimate of drug-likeness (QED) is 0.917. The highest BCUT2D eigenvalue weighted by atomic mass is 35.5. The number of rotatable bonds is 3. The summed E-state index contributed by atoms with van der Waals surface area (Å²) < 4.78 is 25.0. The molecule has 0 saturated carbocycles. The van der Waals surface area contributed by atoms with E-state index in [1.807, 2.05) is 0 Å². The summed E-state index contributed by atoms with van der Waals surface area (Å²) in [6.07, 6.45) is 0.196. The van der Waals surface area contributed by atoms with Crippen molar-refractivity contribution in [1.29, 1.82) is 0 Å². The highest BCUT2D eigenvalue weighted by molar-refractivity contribution is 7.91. The van der Waals surface area contributed by atoms with Crippen molar-refractivity contribution in [3.05, 3.63) is 28.3 Å². The van der Waals surface area contributed by atoms with Gasteiger partial charge in [-0.15, -0.1) is 0 Å². The van der Waals surface area contributed by atoms with Crippen molar-refractivity contribution in [2.75, 3.05) is 12.8 Å². The number of amides is 1. The number of benzene rings is 1. The first kappa shape index (κ1) is 15.3. The molecule has 0 aromatic heterocycles. The molecule has 0 spiro atoms. The Morgan fingerprint density at radius 2 is 2.00 bits per heavy atom. The number of sulfone groups is 1. The Morgan fingerprint density at radius 1 is 1.35 bits per heavy atom. The predicted octanol–water partition coefficient (Wildman–Crippen LogP) is 1.47. The lowest BCUT2D eigenvalue weighted by Gasteiger charge is -2.19. The fraction of sp³-hybridized carbons (Fsp3) is 0.462. The number of nitrogens with one attached hydrogen (secondary N) is 1. The first-order valence-corrected chi connectivity index (χ1v) is 8.25. The molecule has 1 aliphatic heterocycles. The second-order valence-corrected chi connectivity index (χ2v) is 7.56. The Morgan fingerprint density at radius 3 is 2.55 bits per heavy atom. The molecule has 0 aliphatic carbocycles. The number of carbonyl (C=O) groups is 1. The van der Waals surface area contributed by atoms with Crippen LogP contribution in [0.3, 0.4) is 0 Å². The Hall–Kier alpha value is -1.11. The molecule has 1 amide bonds. The highest BCUT2D eigenvalue weighted by Gasteiger charge is 2.32. The molecule has 1 aromatic carbocycles. The van der Waals surface area contributed by atoms with Gasteiger partial charge in [-0.25, -0.2) is 13.4 Å². The van der Waals surface area contributed by atoms with Crippen LogP contribution in [-0.2, 0) is 14.6 Å². The SMILES string of the molecule is Cc1cc(S(=O)(=O)CC2CC(=O)NN2C)c(C)cc1Cl. The summed E-state index contributed by atoms with van der Waals surface area (Å²) in [6, 6.07) is 2.91. The van der Waals surface area contributed by atoms with Gasteiger partial charge in [-0.05, 0) is 37.1 Å². The van der Waals surface area contributed by atoms with Gasteiger partial charge in [0, 0.05) is 18.5 Å². The summed E-state index contributed by atoms with van der Waals surface area (Å²) in [6.45, 7) is 3.49. The molecule has 1 saturated heterocycles. The maximum Gasteiger partial charge on any atom is 0.235 e. The average Bonchev–Trinajstić information content (AvgIpc) is 2.61. The van der Waals surface area contributed by atoms with E-state index in [0.29, 0.717) is 10.6 Å². The van der Waals surface area contributed by atoms with Gasteiger partial charge in [0.2, 0.25) is 5.91 Å². The molecule has 1 aliphatic rings. The van der Waals surface area contributed by atoms with E-state index < -0.39 is 9.84 Å². The van der Waals surface area contributed by atoms with E-state index in [9.17, 15) is 13.2 Å². The fourth-order valence-electron chi connectivity index (χ4n) is 2.29. The van der Waals surface area contributed by atoms with E-state index in [1.54, 1.807) is 38.0 Å². The molecule has 2 rings (SSSR count). The molecule has 1 aromatic rings. The predicted molar refractivity (Wildman–Crippen MR) is 77.3 cm³/mol. The fourth-order valence-corrected chi connectivity index (χ4v) is 4.44. The molecule has 1 heterocycles. The third kappa shape index (κ3) is 2.97. The van der Waals surface area contributed by atoms with Crippen molar-refractivity contribution in [1.82, 2.24) is 10.4 Å². The van der Waals surface area contributed by atoms with Gasteiger partial charge in [0.25, 0.3) is 0 Å². The standard InChI is InChI=1S/C13H17ClN2O3S/c1-8-5-12(9(2)4-11(8)14)20(18,19)7-10-6-13(17)15-16(10)3/h4-5,10H,6-7H2,1-3H3,(H,15,17). The molecule has 1 atom stereocenters. The normalized spacial score (nSPS) is 20.2. The van der Waals surface area contributed by atoms with Gasteiger partial charge in [-0.1, -0.05) is 11.6 Å². The minimum absolute atomic E-state index is 0.0931. The minimum Gasteiger partial charge on any atom is -0.289 e. The van der Waals surface area contributed by atoms with Gasteiger partial charge in [-0.3, -0.25) is 10.2 Å². The van der Waals surface area contributed by atoms with Crippen LogP contribution in [0.1, 0.15) is 17.5 Å². The van der Waals surface area contributed by atoms with Crippen LogP contribution in [0, 0.1) is 13.8 Å². The number of nitrogens with zero attached hydrogens (tertiary/aromatic N) is 1. The summed E-state index contributed by atoms with van der Waals surface area (Å²) in [5.41, 5.74) is 3.94. The van der Waals surface area contributed by atoms with E-state index in [4.69, 9.17) is 11.6 Å². The van der Waals surface area contributed by atoms with Gasteiger partial charge in [0.1, 0.15) is 0 Å². The highest BCUT2D eigenvalue weighted by Crippen LogP contribution is 2.26. The zero-order chi connectivity index (χ0) is 15.1. The van der Waals surface area contributed by atoms with Crippen LogP contribution in [0.2, 0.25) is 5.02 Å². The molecule has 1 unspecified atom stereocenters. The first-order chi connectivity index (χ1) is 9.20. The molecule has 5 nitrogen and oxygen atoms in total. The van der Waals surface area contributed by atoms with Crippen LogP contribution in [0.25, 0.3) is 0 Å². The number of carbonyl (C=O) groups excluding carboxylic acids is 1. The number of aryl methyl sites for hydroxylation is 2. The molecule has 7 heteroatoms. The summed E-state index contributed by atoms with van der Waals surface area (Å²) in [5.74, 6) is -0.249. The van der Waals surface area contributed by atoms with E-state index in [1.165, 1.54) is 0 Å². The van der Waals surface area contributed by atoms with Crippen LogP contribution < -0.4 is 5.43 Å². The van der Waals surface area contributed by atoms with Gasteiger partial charge in [0.05, 0.1) is 16.7 Å². The third-order valence-corrected chi connectivity index (χ3v) is 5.81. The van der Waals surface area contributed by atoms with Crippen LogP contribution in [-0.4, -0.2) is 38.2 Å². The monoisotopic (exact) mass is 316 g/mol. The molecule has 0 bridgehead atoms. The minimum atomic E-state index is -3.46. The molecule has 1 fully saturated rings.